The molecule has 3 N–H and O–H groups in total. The normalized spacial score (nSPS) is 15.4. The van der Waals surface area contributed by atoms with Crippen molar-refractivity contribution in [2.75, 3.05) is 38.5 Å². The van der Waals surface area contributed by atoms with Gasteiger partial charge in [-0.15, -0.1) is 11.3 Å². The summed E-state index contributed by atoms with van der Waals surface area (Å²) in [7, 11) is -2.22. The summed E-state index contributed by atoms with van der Waals surface area (Å²) in [5, 5.41) is 1.72. The Hall–Kier alpha value is -3.06. The SMILES string of the molecule is Cn1c(=O)c(C(=O)C[NH+]2CCN(S(=O)(=O)c3cccs3)CC2)c(N)n(Cc2ccccc2)c1=O. The van der Waals surface area contributed by atoms with E-state index in [1.54, 1.807) is 17.5 Å². The molecule has 0 bridgehead atoms. The van der Waals surface area contributed by atoms with Crippen LogP contribution in [0.2, 0.25) is 0 Å². The summed E-state index contributed by atoms with van der Waals surface area (Å²) in [6.07, 6.45) is 0. The second-order valence-corrected chi connectivity index (χ2v) is 11.3. The number of benzene rings is 1. The third-order valence-corrected chi connectivity index (χ3v) is 9.25. The number of hydrogen-bond acceptors (Lipinski definition) is 7. The van der Waals surface area contributed by atoms with Gasteiger partial charge in [-0.1, -0.05) is 36.4 Å². The number of thiophene rings is 1. The van der Waals surface area contributed by atoms with Gasteiger partial charge in [0.2, 0.25) is 5.78 Å². The van der Waals surface area contributed by atoms with E-state index in [2.05, 4.69) is 0 Å². The lowest BCUT2D eigenvalue weighted by molar-refractivity contribution is -0.895. The summed E-state index contributed by atoms with van der Waals surface area (Å²) < 4.78 is 29.3. The molecule has 3 aromatic rings. The van der Waals surface area contributed by atoms with Gasteiger partial charge in [0.15, 0.2) is 0 Å². The first kappa shape index (κ1) is 24.1. The standard InChI is InChI=1S/C22H25N5O5S2/c1-24-21(29)19(20(23)27(22(24)30)14-16-6-3-2-4-7-16)17(28)15-25-9-11-26(12-10-25)34(31,32)18-8-5-13-33-18/h2-8,13H,9-12,14-15,23H2,1H3/p+1. The lowest BCUT2D eigenvalue weighted by atomic mass is 10.1. The number of hydrogen-bond donors (Lipinski definition) is 2. The molecule has 1 aliphatic rings. The van der Waals surface area contributed by atoms with Crippen molar-refractivity contribution in [3.63, 3.8) is 0 Å². The molecule has 0 aliphatic carbocycles. The van der Waals surface area contributed by atoms with Crippen LogP contribution in [0.5, 0.6) is 0 Å². The van der Waals surface area contributed by atoms with Gasteiger partial charge in [-0.3, -0.25) is 18.7 Å². The van der Waals surface area contributed by atoms with Crippen molar-refractivity contribution in [2.24, 2.45) is 7.05 Å². The monoisotopic (exact) mass is 504 g/mol. The summed E-state index contributed by atoms with van der Waals surface area (Å²) in [4.78, 5) is 39.4. The number of ketones is 1. The zero-order chi connectivity index (χ0) is 24.5. The predicted molar refractivity (Wildman–Crippen MR) is 129 cm³/mol. The van der Waals surface area contributed by atoms with Crippen LogP contribution in [0.1, 0.15) is 15.9 Å². The highest BCUT2D eigenvalue weighted by molar-refractivity contribution is 7.91. The Morgan fingerprint density at radius 1 is 1.09 bits per heavy atom. The minimum atomic E-state index is -3.54. The van der Waals surface area contributed by atoms with Gasteiger partial charge in [-0.05, 0) is 17.0 Å². The van der Waals surface area contributed by atoms with Gasteiger partial charge in [-0.25, -0.2) is 13.2 Å². The zero-order valence-corrected chi connectivity index (χ0v) is 20.3. The fourth-order valence-electron chi connectivity index (χ4n) is 4.04. The van der Waals surface area contributed by atoms with E-state index < -0.39 is 27.1 Å². The Morgan fingerprint density at radius 2 is 1.76 bits per heavy atom. The van der Waals surface area contributed by atoms with E-state index in [9.17, 15) is 22.8 Å². The van der Waals surface area contributed by atoms with Gasteiger partial charge in [-0.2, -0.15) is 4.31 Å². The first-order valence-corrected chi connectivity index (χ1v) is 13.1. The molecule has 0 atom stereocenters. The number of carbonyl (C=O) groups is 1. The Bertz CT molecular complexity index is 1400. The van der Waals surface area contributed by atoms with Gasteiger partial charge in [0.05, 0.1) is 32.7 Å². The molecule has 4 rings (SSSR count). The van der Waals surface area contributed by atoms with Gasteiger partial charge < -0.3 is 10.6 Å². The van der Waals surface area contributed by atoms with Crippen LogP contribution < -0.4 is 21.9 Å². The van der Waals surface area contributed by atoms with E-state index in [0.29, 0.717) is 17.3 Å². The maximum absolute atomic E-state index is 13.1. The van der Waals surface area contributed by atoms with Crippen LogP contribution in [-0.2, 0) is 23.6 Å². The van der Waals surface area contributed by atoms with Crippen molar-refractivity contribution in [3.05, 3.63) is 79.8 Å². The maximum Gasteiger partial charge on any atom is 0.332 e. The van der Waals surface area contributed by atoms with E-state index in [-0.39, 0.29) is 37.6 Å². The first-order valence-electron chi connectivity index (χ1n) is 10.7. The lowest BCUT2D eigenvalue weighted by Gasteiger charge is -2.30. The second kappa shape index (κ2) is 9.66. The topological polar surface area (TPSA) is 129 Å². The third kappa shape index (κ3) is 4.62. The molecule has 1 aliphatic heterocycles. The average molecular weight is 505 g/mol. The summed E-state index contributed by atoms with van der Waals surface area (Å²) in [6.45, 7) is 1.48. The smallest absolute Gasteiger partial charge is 0.332 e. The molecule has 34 heavy (non-hydrogen) atoms. The largest absolute Gasteiger partial charge is 0.384 e. The fourth-order valence-corrected chi connectivity index (χ4v) is 6.62. The number of nitrogen functional groups attached to an aromatic ring is 1. The van der Waals surface area contributed by atoms with Crippen LogP contribution in [0.3, 0.4) is 0 Å². The molecule has 180 valence electrons. The van der Waals surface area contributed by atoms with Crippen molar-refractivity contribution in [1.82, 2.24) is 13.4 Å². The Kier molecular flexibility index (Phi) is 6.84. The number of nitrogens with two attached hydrogens (primary N) is 1. The highest BCUT2D eigenvalue weighted by atomic mass is 32.2. The van der Waals surface area contributed by atoms with Crippen molar-refractivity contribution in [1.29, 1.82) is 0 Å². The molecular formula is C22H26N5O5S2+. The molecule has 1 fully saturated rings. The molecule has 0 radical (unpaired) electrons. The number of anilines is 1. The van der Waals surface area contributed by atoms with Gasteiger partial charge in [0.25, 0.3) is 15.6 Å². The Balaban J connectivity index is 1.51. The number of rotatable bonds is 7. The number of Topliss-reactive ketones (excluding diaryl/α,β-unsaturated/α-hetero) is 1. The molecule has 12 heteroatoms. The average Bonchev–Trinajstić information content (AvgIpc) is 3.38. The Morgan fingerprint density at radius 3 is 2.38 bits per heavy atom. The molecule has 2 aromatic heterocycles. The van der Waals surface area contributed by atoms with Crippen LogP contribution in [0.15, 0.2) is 61.6 Å². The van der Waals surface area contributed by atoms with Gasteiger partial charge in [0.1, 0.15) is 22.1 Å². The first-order chi connectivity index (χ1) is 16.2. The Labute approximate surface area is 200 Å². The highest BCUT2D eigenvalue weighted by Crippen LogP contribution is 2.20. The van der Waals surface area contributed by atoms with Crippen LogP contribution >= 0.6 is 11.3 Å². The summed E-state index contributed by atoms with van der Waals surface area (Å²) in [5.41, 5.74) is 5.45. The van der Waals surface area contributed by atoms with E-state index in [0.717, 1.165) is 15.0 Å². The van der Waals surface area contributed by atoms with Crippen LogP contribution in [0.4, 0.5) is 5.82 Å². The number of sulfonamides is 1. The van der Waals surface area contributed by atoms with E-state index in [4.69, 9.17) is 5.73 Å². The fraction of sp³-hybridized carbons (Fsp3) is 0.318. The zero-order valence-electron chi connectivity index (χ0n) is 18.6. The number of nitrogens with zero attached hydrogens (tertiary/aromatic N) is 3. The molecule has 0 saturated carbocycles. The van der Waals surface area contributed by atoms with E-state index >= 15 is 0 Å². The molecule has 0 unspecified atom stereocenters. The van der Waals surface area contributed by atoms with Crippen molar-refractivity contribution < 1.29 is 18.1 Å². The summed E-state index contributed by atoms with van der Waals surface area (Å²) in [6, 6.07) is 12.4. The van der Waals surface area contributed by atoms with Crippen molar-refractivity contribution in [3.8, 4) is 0 Å². The predicted octanol–water partition coefficient (Wildman–Crippen LogP) is -0.989. The minimum absolute atomic E-state index is 0.0180. The summed E-state index contributed by atoms with van der Waals surface area (Å²) >= 11 is 1.17. The molecule has 1 saturated heterocycles. The minimum Gasteiger partial charge on any atom is -0.384 e. The third-order valence-electron chi connectivity index (χ3n) is 5.97. The molecular weight excluding hydrogens is 478 g/mol. The number of quaternary nitrogens is 1. The number of carbonyl (C=O) groups excluding carboxylic acids is 1. The van der Waals surface area contributed by atoms with Crippen molar-refractivity contribution in [2.45, 2.75) is 10.8 Å². The van der Waals surface area contributed by atoms with Crippen molar-refractivity contribution >= 4 is 33.0 Å². The van der Waals surface area contributed by atoms with E-state index in [1.807, 2.05) is 30.3 Å². The second-order valence-electron chi connectivity index (χ2n) is 8.16. The van der Waals surface area contributed by atoms with Gasteiger partial charge in [0, 0.05) is 7.05 Å². The number of nitrogens with one attached hydrogen (secondary N) is 1. The molecule has 0 amide bonds. The quantitative estimate of drug-likeness (QED) is 0.398. The van der Waals surface area contributed by atoms with Crippen LogP contribution in [0.25, 0.3) is 0 Å². The molecule has 1 aromatic carbocycles. The van der Waals surface area contributed by atoms with Crippen LogP contribution in [0, 0.1) is 0 Å². The van der Waals surface area contributed by atoms with Crippen LogP contribution in [-0.4, -0.2) is 60.4 Å². The summed E-state index contributed by atoms with van der Waals surface area (Å²) in [5.74, 6) is -0.621. The molecule has 0 spiro atoms. The molecule has 3 heterocycles. The van der Waals surface area contributed by atoms with E-state index in [1.165, 1.54) is 27.3 Å². The number of aromatic nitrogens is 2. The maximum atomic E-state index is 13.1. The highest BCUT2D eigenvalue weighted by Gasteiger charge is 2.33. The lowest BCUT2D eigenvalue weighted by Crippen LogP contribution is -3.15. The van der Waals surface area contributed by atoms with Gasteiger partial charge >= 0.3 is 5.69 Å². The molecule has 10 nitrogen and oxygen atoms in total. The number of piperazine rings is 1.